The zero-order valence-corrected chi connectivity index (χ0v) is 20.8. The molecule has 180 valence electrons. The Balaban J connectivity index is 1.98. The van der Waals surface area contributed by atoms with Crippen LogP contribution in [0.25, 0.3) is 0 Å². The number of benzene rings is 2. The molecule has 34 heavy (non-hydrogen) atoms. The van der Waals surface area contributed by atoms with Gasteiger partial charge in [-0.3, -0.25) is 4.98 Å². The largest absolute Gasteiger partial charge is 0.493 e. The van der Waals surface area contributed by atoms with Crippen LogP contribution < -0.4 is 23.7 Å². The third kappa shape index (κ3) is 5.32. The van der Waals surface area contributed by atoms with E-state index in [1.165, 1.54) is 26.6 Å². The molecule has 0 aliphatic carbocycles. The first-order valence-corrected chi connectivity index (χ1v) is 11.1. The summed E-state index contributed by atoms with van der Waals surface area (Å²) in [5.41, 5.74) is 1.95. The van der Waals surface area contributed by atoms with Gasteiger partial charge in [-0.15, -0.1) is 0 Å². The van der Waals surface area contributed by atoms with Crippen LogP contribution in [0.2, 0.25) is 10.0 Å². The van der Waals surface area contributed by atoms with Crippen LogP contribution in [0.5, 0.6) is 28.7 Å². The summed E-state index contributed by atoms with van der Waals surface area (Å²) in [7, 11) is 6.20. The van der Waals surface area contributed by atoms with Crippen molar-refractivity contribution in [2.24, 2.45) is 0 Å². The van der Waals surface area contributed by atoms with Gasteiger partial charge in [0.05, 0.1) is 51.0 Å². The molecule has 0 N–H and O–H groups in total. The number of pyridine rings is 1. The van der Waals surface area contributed by atoms with E-state index in [9.17, 15) is 4.79 Å². The van der Waals surface area contributed by atoms with Gasteiger partial charge in [-0.1, -0.05) is 35.3 Å². The van der Waals surface area contributed by atoms with Crippen molar-refractivity contribution < 1.29 is 28.5 Å². The summed E-state index contributed by atoms with van der Waals surface area (Å²) in [6.45, 7) is 0.287. The van der Waals surface area contributed by atoms with Crippen molar-refractivity contribution in [2.45, 2.75) is 12.3 Å². The molecule has 0 aliphatic rings. The lowest BCUT2D eigenvalue weighted by Crippen LogP contribution is -2.11. The highest BCUT2D eigenvalue weighted by Crippen LogP contribution is 2.46. The summed E-state index contributed by atoms with van der Waals surface area (Å²) in [6, 6.07) is 9.09. The molecule has 0 bridgehead atoms. The molecule has 0 spiro atoms. The number of aldehydes is 1. The van der Waals surface area contributed by atoms with E-state index in [-0.39, 0.29) is 16.7 Å². The average Bonchev–Trinajstić information content (AvgIpc) is 2.86. The molecule has 0 saturated heterocycles. The quantitative estimate of drug-likeness (QED) is 0.324. The topological polar surface area (TPSA) is 76.1 Å². The zero-order chi connectivity index (χ0) is 24.7. The highest BCUT2D eigenvalue weighted by Gasteiger charge is 2.27. The van der Waals surface area contributed by atoms with E-state index in [0.717, 1.165) is 11.8 Å². The lowest BCUT2D eigenvalue weighted by molar-refractivity contribution is -0.108. The normalized spacial score (nSPS) is 11.5. The van der Waals surface area contributed by atoms with Gasteiger partial charge in [0.1, 0.15) is 6.29 Å². The van der Waals surface area contributed by atoms with Crippen LogP contribution in [0.4, 0.5) is 0 Å². The van der Waals surface area contributed by atoms with Crippen molar-refractivity contribution in [3.05, 3.63) is 69.5 Å². The second-order valence-corrected chi connectivity index (χ2v) is 7.95. The van der Waals surface area contributed by atoms with Crippen LogP contribution in [-0.4, -0.2) is 46.3 Å². The van der Waals surface area contributed by atoms with Crippen LogP contribution >= 0.6 is 23.2 Å². The molecule has 0 fully saturated rings. The van der Waals surface area contributed by atoms with E-state index < -0.39 is 5.92 Å². The molecule has 0 saturated carbocycles. The highest BCUT2D eigenvalue weighted by atomic mass is 35.5. The molecule has 1 heterocycles. The van der Waals surface area contributed by atoms with Crippen LogP contribution in [0.1, 0.15) is 22.6 Å². The number of carbonyl (C=O) groups excluding carboxylic acids is 1. The Morgan fingerprint density at radius 3 is 2.09 bits per heavy atom. The summed E-state index contributed by atoms with van der Waals surface area (Å²) >= 11 is 12.7. The summed E-state index contributed by atoms with van der Waals surface area (Å²) < 4.78 is 27.9. The number of ether oxygens (including phenoxy) is 5. The number of hydrogen-bond donors (Lipinski definition) is 0. The van der Waals surface area contributed by atoms with Crippen molar-refractivity contribution in [3.63, 3.8) is 0 Å². The maximum atomic E-state index is 12.3. The standard InChI is InChI=1S/C25H25Cl2NO6/c1-30-20-7-5-15(11-22(20)32-3)9-10-34-24-16(6-8-21(31-2)25(24)33-4)17(14-29)23-18(26)12-28-13-19(23)27/h5-8,11-14,17H,9-10H2,1-4H3. The first-order chi connectivity index (χ1) is 16.5. The number of aromatic nitrogens is 1. The van der Waals surface area contributed by atoms with Gasteiger partial charge in [-0.2, -0.15) is 0 Å². The Hall–Kier alpha value is -3.16. The van der Waals surface area contributed by atoms with E-state index >= 15 is 0 Å². The molecule has 0 amide bonds. The first kappa shape index (κ1) is 25.5. The van der Waals surface area contributed by atoms with E-state index in [1.54, 1.807) is 26.4 Å². The van der Waals surface area contributed by atoms with Crippen LogP contribution in [0.3, 0.4) is 0 Å². The molecule has 7 nitrogen and oxygen atoms in total. The van der Waals surface area contributed by atoms with Gasteiger partial charge in [-0.05, 0) is 23.8 Å². The molecule has 9 heteroatoms. The van der Waals surface area contributed by atoms with Crippen LogP contribution in [0.15, 0.2) is 42.7 Å². The first-order valence-electron chi connectivity index (χ1n) is 10.3. The maximum Gasteiger partial charge on any atom is 0.203 e. The minimum Gasteiger partial charge on any atom is -0.493 e. The zero-order valence-electron chi connectivity index (χ0n) is 19.3. The molecular formula is C25H25Cl2NO6. The van der Waals surface area contributed by atoms with Crippen molar-refractivity contribution in [3.8, 4) is 28.7 Å². The monoisotopic (exact) mass is 505 g/mol. The summed E-state index contributed by atoms with van der Waals surface area (Å²) in [6.07, 6.45) is 4.20. The predicted octanol–water partition coefficient (Wildman–Crippen LogP) is 5.38. The Morgan fingerprint density at radius 2 is 1.50 bits per heavy atom. The van der Waals surface area contributed by atoms with Crippen molar-refractivity contribution >= 4 is 29.5 Å². The Labute approximate surface area is 208 Å². The molecule has 0 radical (unpaired) electrons. The van der Waals surface area contributed by atoms with E-state index in [2.05, 4.69) is 4.98 Å². The molecule has 2 aromatic carbocycles. The second-order valence-electron chi connectivity index (χ2n) is 7.14. The van der Waals surface area contributed by atoms with Gasteiger partial charge in [0.25, 0.3) is 0 Å². The lowest BCUT2D eigenvalue weighted by atomic mass is 9.92. The molecule has 1 unspecified atom stereocenters. The molecular weight excluding hydrogens is 481 g/mol. The van der Waals surface area contributed by atoms with Gasteiger partial charge in [0.2, 0.25) is 5.75 Å². The number of hydrogen-bond acceptors (Lipinski definition) is 7. The van der Waals surface area contributed by atoms with Crippen LogP contribution in [-0.2, 0) is 11.2 Å². The van der Waals surface area contributed by atoms with E-state index in [4.69, 9.17) is 46.9 Å². The predicted molar refractivity (Wildman–Crippen MR) is 130 cm³/mol. The number of carbonyl (C=O) groups is 1. The third-order valence-corrected chi connectivity index (χ3v) is 5.89. The van der Waals surface area contributed by atoms with E-state index in [0.29, 0.717) is 46.3 Å². The van der Waals surface area contributed by atoms with Gasteiger partial charge in [0, 0.05) is 29.9 Å². The second kappa shape index (κ2) is 11.8. The van der Waals surface area contributed by atoms with Crippen molar-refractivity contribution in [2.75, 3.05) is 35.0 Å². The molecule has 3 aromatic rings. The molecule has 1 aromatic heterocycles. The molecule has 1 atom stereocenters. The Morgan fingerprint density at radius 1 is 0.853 bits per heavy atom. The number of halogens is 2. The lowest BCUT2D eigenvalue weighted by Gasteiger charge is -2.22. The SMILES string of the molecule is COc1ccc(CCOc2c(C(C=O)c3c(Cl)cncc3Cl)ccc(OC)c2OC)cc1OC. The Bertz CT molecular complexity index is 1130. The number of rotatable bonds is 11. The van der Waals surface area contributed by atoms with Gasteiger partial charge < -0.3 is 28.5 Å². The average molecular weight is 506 g/mol. The fourth-order valence-electron chi connectivity index (χ4n) is 3.63. The number of nitrogens with zero attached hydrogens (tertiary/aromatic N) is 1. The highest BCUT2D eigenvalue weighted by molar-refractivity contribution is 6.36. The van der Waals surface area contributed by atoms with Gasteiger partial charge in [-0.25, -0.2) is 0 Å². The summed E-state index contributed by atoms with van der Waals surface area (Å²) in [5, 5.41) is 0.548. The molecule has 3 rings (SSSR count). The fourth-order valence-corrected chi connectivity index (χ4v) is 4.23. The minimum absolute atomic E-state index is 0.274. The fraction of sp³-hybridized carbons (Fsp3) is 0.280. The minimum atomic E-state index is -0.807. The van der Waals surface area contributed by atoms with Crippen LogP contribution in [0, 0.1) is 0 Å². The van der Waals surface area contributed by atoms with Crippen molar-refractivity contribution in [1.29, 1.82) is 0 Å². The van der Waals surface area contributed by atoms with E-state index in [1.807, 2.05) is 18.2 Å². The van der Waals surface area contributed by atoms with Crippen molar-refractivity contribution in [1.82, 2.24) is 4.98 Å². The Kier molecular flexibility index (Phi) is 8.85. The van der Waals surface area contributed by atoms with Gasteiger partial charge in [0.15, 0.2) is 23.0 Å². The van der Waals surface area contributed by atoms with Gasteiger partial charge >= 0.3 is 0 Å². The number of methoxy groups -OCH3 is 4. The third-order valence-electron chi connectivity index (χ3n) is 5.29. The maximum absolute atomic E-state index is 12.3. The summed E-state index contributed by atoms with van der Waals surface area (Å²) in [5.74, 6) is 1.65. The molecule has 0 aliphatic heterocycles. The summed E-state index contributed by atoms with van der Waals surface area (Å²) in [4.78, 5) is 16.2. The smallest absolute Gasteiger partial charge is 0.203 e.